The Labute approximate surface area is 103 Å². The fourth-order valence-corrected chi connectivity index (χ4v) is 2.20. The highest BCUT2D eigenvalue weighted by molar-refractivity contribution is 9.10. The van der Waals surface area contributed by atoms with E-state index in [0.29, 0.717) is 6.42 Å². The van der Waals surface area contributed by atoms with E-state index in [-0.39, 0.29) is 5.78 Å². The number of Topliss-reactive ketones (excluding diaryl/α,β-unsaturated/α-hetero) is 1. The van der Waals surface area contributed by atoms with E-state index < -0.39 is 0 Å². The Morgan fingerprint density at radius 3 is 2.94 bits per heavy atom. The molecule has 0 unspecified atom stereocenters. The van der Waals surface area contributed by atoms with Gasteiger partial charge in [0.2, 0.25) is 0 Å². The van der Waals surface area contributed by atoms with Crippen LogP contribution >= 0.6 is 15.9 Å². The number of carbonyl (C=O) groups is 1. The highest BCUT2D eigenvalue weighted by Gasteiger charge is 2.02. The molecular formula is C13H14BrNO. The van der Waals surface area contributed by atoms with Gasteiger partial charge in [0.15, 0.2) is 0 Å². The first-order chi connectivity index (χ1) is 7.66. The van der Waals surface area contributed by atoms with Crippen LogP contribution in [0.5, 0.6) is 0 Å². The van der Waals surface area contributed by atoms with E-state index in [1.165, 1.54) is 10.9 Å². The smallest absolute Gasteiger partial charge is 0.129 e. The van der Waals surface area contributed by atoms with Gasteiger partial charge in [-0.15, -0.1) is 0 Å². The zero-order valence-electron chi connectivity index (χ0n) is 9.24. The van der Waals surface area contributed by atoms with Crippen molar-refractivity contribution in [3.63, 3.8) is 0 Å². The summed E-state index contributed by atoms with van der Waals surface area (Å²) < 4.78 is 3.29. The van der Waals surface area contributed by atoms with Crippen LogP contribution in [0.15, 0.2) is 34.9 Å². The summed E-state index contributed by atoms with van der Waals surface area (Å²) in [6.07, 6.45) is 3.65. The maximum absolute atomic E-state index is 10.9. The van der Waals surface area contributed by atoms with Crippen LogP contribution in [-0.2, 0) is 11.3 Å². The Hall–Kier alpha value is -1.09. The van der Waals surface area contributed by atoms with Gasteiger partial charge in [0.05, 0.1) is 0 Å². The average Bonchev–Trinajstić information content (AvgIpc) is 2.60. The standard InChI is InChI=1S/C13H14BrNO/c1-10(16)3-2-7-15-8-6-11-4-5-12(14)9-13(11)15/h4-6,8-9H,2-3,7H2,1H3. The van der Waals surface area contributed by atoms with Crippen molar-refractivity contribution < 1.29 is 4.79 Å². The number of aryl methyl sites for hydroxylation is 1. The van der Waals surface area contributed by atoms with Gasteiger partial charge < -0.3 is 9.36 Å². The molecule has 0 saturated carbocycles. The zero-order chi connectivity index (χ0) is 11.5. The van der Waals surface area contributed by atoms with Crippen LogP contribution in [0.1, 0.15) is 19.8 Å². The van der Waals surface area contributed by atoms with Crippen molar-refractivity contribution in [2.75, 3.05) is 0 Å². The SMILES string of the molecule is CC(=O)CCCn1ccc2ccc(Br)cc21. The van der Waals surface area contributed by atoms with Gasteiger partial charge in [0.1, 0.15) is 5.78 Å². The summed E-state index contributed by atoms with van der Waals surface area (Å²) in [7, 11) is 0. The number of aromatic nitrogens is 1. The quantitative estimate of drug-likeness (QED) is 0.835. The van der Waals surface area contributed by atoms with Crippen molar-refractivity contribution in [3.8, 4) is 0 Å². The van der Waals surface area contributed by atoms with E-state index in [1.54, 1.807) is 6.92 Å². The molecule has 0 N–H and O–H groups in total. The second-order valence-corrected chi connectivity index (χ2v) is 4.93. The van der Waals surface area contributed by atoms with Gasteiger partial charge in [-0.05, 0) is 36.9 Å². The largest absolute Gasteiger partial charge is 0.347 e. The molecule has 0 aliphatic heterocycles. The molecule has 0 amide bonds. The number of hydrogen-bond acceptors (Lipinski definition) is 1. The number of ketones is 1. The van der Waals surface area contributed by atoms with Gasteiger partial charge in [-0.3, -0.25) is 0 Å². The molecule has 0 aliphatic rings. The Kier molecular flexibility index (Phi) is 3.44. The first-order valence-corrected chi connectivity index (χ1v) is 6.20. The fraction of sp³-hybridized carbons (Fsp3) is 0.308. The molecule has 0 bridgehead atoms. The van der Waals surface area contributed by atoms with Gasteiger partial charge in [-0.2, -0.15) is 0 Å². The topological polar surface area (TPSA) is 22.0 Å². The van der Waals surface area contributed by atoms with E-state index in [0.717, 1.165) is 17.4 Å². The van der Waals surface area contributed by atoms with Gasteiger partial charge in [-0.1, -0.05) is 22.0 Å². The molecule has 0 atom stereocenters. The van der Waals surface area contributed by atoms with Gasteiger partial charge in [-0.25, -0.2) is 0 Å². The number of carbonyl (C=O) groups excluding carboxylic acids is 1. The lowest BCUT2D eigenvalue weighted by atomic mass is 10.2. The molecule has 0 saturated heterocycles. The first-order valence-electron chi connectivity index (χ1n) is 5.40. The number of fused-ring (bicyclic) bond motifs is 1. The second kappa shape index (κ2) is 4.83. The predicted octanol–water partition coefficient (Wildman–Crippen LogP) is 3.77. The lowest BCUT2D eigenvalue weighted by Crippen LogP contribution is -1.98. The molecule has 2 nitrogen and oxygen atoms in total. The molecule has 84 valence electrons. The van der Waals surface area contributed by atoms with Crippen LogP contribution in [0.2, 0.25) is 0 Å². The molecule has 1 aromatic carbocycles. The van der Waals surface area contributed by atoms with Crippen molar-refractivity contribution in [1.82, 2.24) is 4.57 Å². The van der Waals surface area contributed by atoms with E-state index in [4.69, 9.17) is 0 Å². The predicted molar refractivity (Wildman–Crippen MR) is 69.6 cm³/mol. The first kappa shape index (κ1) is 11.4. The zero-order valence-corrected chi connectivity index (χ0v) is 10.8. The van der Waals surface area contributed by atoms with Crippen molar-refractivity contribution in [1.29, 1.82) is 0 Å². The summed E-state index contributed by atoms with van der Waals surface area (Å²) in [6, 6.07) is 8.36. The summed E-state index contributed by atoms with van der Waals surface area (Å²) in [5.74, 6) is 0.262. The van der Waals surface area contributed by atoms with Crippen molar-refractivity contribution in [3.05, 3.63) is 34.9 Å². The molecule has 2 aromatic rings. The summed E-state index contributed by atoms with van der Waals surface area (Å²) >= 11 is 3.48. The molecule has 3 heteroatoms. The average molecular weight is 280 g/mol. The molecule has 0 radical (unpaired) electrons. The monoisotopic (exact) mass is 279 g/mol. The van der Waals surface area contributed by atoms with Crippen molar-refractivity contribution >= 4 is 32.6 Å². The van der Waals surface area contributed by atoms with Crippen LogP contribution in [0.4, 0.5) is 0 Å². The van der Waals surface area contributed by atoms with Gasteiger partial charge >= 0.3 is 0 Å². The van der Waals surface area contributed by atoms with Gasteiger partial charge in [0.25, 0.3) is 0 Å². The third kappa shape index (κ3) is 2.53. The van der Waals surface area contributed by atoms with Crippen LogP contribution in [-0.4, -0.2) is 10.4 Å². The fourth-order valence-electron chi connectivity index (χ4n) is 1.85. The Morgan fingerprint density at radius 1 is 1.38 bits per heavy atom. The maximum Gasteiger partial charge on any atom is 0.129 e. The Balaban J connectivity index is 2.17. The highest BCUT2D eigenvalue weighted by Crippen LogP contribution is 2.21. The van der Waals surface area contributed by atoms with Crippen LogP contribution in [0.25, 0.3) is 10.9 Å². The van der Waals surface area contributed by atoms with Crippen LogP contribution < -0.4 is 0 Å². The minimum Gasteiger partial charge on any atom is -0.347 e. The second-order valence-electron chi connectivity index (χ2n) is 4.02. The number of benzene rings is 1. The third-order valence-electron chi connectivity index (χ3n) is 2.66. The van der Waals surface area contributed by atoms with Crippen molar-refractivity contribution in [2.45, 2.75) is 26.3 Å². The minimum atomic E-state index is 0.262. The van der Waals surface area contributed by atoms with E-state index in [1.807, 2.05) is 6.07 Å². The molecule has 1 aromatic heterocycles. The minimum absolute atomic E-state index is 0.262. The summed E-state index contributed by atoms with van der Waals surface area (Å²) in [5.41, 5.74) is 1.22. The van der Waals surface area contributed by atoms with Crippen LogP contribution in [0.3, 0.4) is 0 Å². The van der Waals surface area contributed by atoms with E-state index in [2.05, 4.69) is 44.9 Å². The lowest BCUT2D eigenvalue weighted by Gasteiger charge is -2.04. The maximum atomic E-state index is 10.9. The van der Waals surface area contributed by atoms with Crippen LogP contribution in [0, 0.1) is 0 Å². The van der Waals surface area contributed by atoms with Crippen molar-refractivity contribution in [2.24, 2.45) is 0 Å². The number of halogens is 1. The Morgan fingerprint density at radius 2 is 2.19 bits per heavy atom. The number of hydrogen-bond donors (Lipinski definition) is 0. The normalized spacial score (nSPS) is 10.9. The molecule has 0 fully saturated rings. The van der Waals surface area contributed by atoms with E-state index >= 15 is 0 Å². The summed E-state index contributed by atoms with van der Waals surface area (Å²) in [5, 5.41) is 1.24. The third-order valence-corrected chi connectivity index (χ3v) is 3.16. The molecule has 16 heavy (non-hydrogen) atoms. The molecule has 1 heterocycles. The number of rotatable bonds is 4. The molecular weight excluding hydrogens is 266 g/mol. The molecule has 0 spiro atoms. The molecule has 2 rings (SSSR count). The number of nitrogens with zero attached hydrogens (tertiary/aromatic N) is 1. The summed E-state index contributed by atoms with van der Waals surface area (Å²) in [6.45, 7) is 2.55. The lowest BCUT2D eigenvalue weighted by molar-refractivity contribution is -0.117. The molecule has 0 aliphatic carbocycles. The Bertz CT molecular complexity index is 516. The van der Waals surface area contributed by atoms with Gasteiger partial charge in [0, 0.05) is 29.2 Å². The van der Waals surface area contributed by atoms with E-state index in [9.17, 15) is 4.79 Å². The highest BCUT2D eigenvalue weighted by atomic mass is 79.9. The summed E-state index contributed by atoms with van der Waals surface area (Å²) in [4.78, 5) is 10.9.